The number of fused-ring (bicyclic) bond motifs is 1. The number of rotatable bonds is 9. The van der Waals surface area contributed by atoms with Crippen LogP contribution in [0.25, 0.3) is 22.2 Å². The third kappa shape index (κ3) is 6.50. The number of para-hydroxylation sites is 1. The van der Waals surface area contributed by atoms with Crippen molar-refractivity contribution in [2.45, 2.75) is 25.7 Å². The maximum absolute atomic E-state index is 13.2. The molecule has 0 radical (unpaired) electrons. The average Bonchev–Trinajstić information content (AvgIpc) is 2.95. The van der Waals surface area contributed by atoms with Gasteiger partial charge in [0.1, 0.15) is 0 Å². The number of nitrogens with one attached hydrogen (secondary N) is 1. The molecule has 3 aromatic carbocycles. The zero-order valence-corrected chi connectivity index (χ0v) is 25.5. The number of sulfonamides is 1. The minimum Gasteiger partial charge on any atom is -0.452 e. The van der Waals surface area contributed by atoms with Crippen molar-refractivity contribution < 1.29 is 22.7 Å². The Morgan fingerprint density at radius 2 is 1.66 bits per heavy atom. The Hall–Kier alpha value is -3.21. The van der Waals surface area contributed by atoms with E-state index in [-0.39, 0.29) is 31.2 Å². The smallest absolute Gasteiger partial charge is 0.339 e. The Balaban J connectivity index is 1.56. The standard InChI is InChI=1S/C29H26Cl3N3O5S/c1-4-35(5-2)41(38,39)25-14-18(11-10-17(25)3)33-26(36)16-40-29(37)21-15-24(34-23-9-7-6-8-19(21)23)20-12-13-22(30)28(32)27(20)31/h6-15H,4-5,16H2,1-3H3,(H,33,36). The Labute approximate surface area is 253 Å². The molecular formula is C29H26Cl3N3O5S. The summed E-state index contributed by atoms with van der Waals surface area (Å²) in [5.41, 5.74) is 2.31. The lowest BCUT2D eigenvalue weighted by Crippen LogP contribution is -2.31. The lowest BCUT2D eigenvalue weighted by molar-refractivity contribution is -0.119. The number of nitrogens with zero attached hydrogens (tertiary/aromatic N) is 2. The second-order valence-corrected chi connectivity index (χ2v) is 12.1. The van der Waals surface area contributed by atoms with Crippen LogP contribution in [-0.2, 0) is 19.6 Å². The lowest BCUT2D eigenvalue weighted by atomic mass is 10.0. The van der Waals surface area contributed by atoms with E-state index < -0.39 is 28.5 Å². The van der Waals surface area contributed by atoms with Gasteiger partial charge in [-0.3, -0.25) is 4.79 Å². The number of pyridine rings is 1. The van der Waals surface area contributed by atoms with E-state index in [0.717, 1.165) is 0 Å². The summed E-state index contributed by atoms with van der Waals surface area (Å²) in [6, 6.07) is 16.3. The highest BCUT2D eigenvalue weighted by Gasteiger charge is 2.24. The number of esters is 1. The van der Waals surface area contributed by atoms with E-state index in [1.165, 1.54) is 16.4 Å². The number of carbonyl (C=O) groups is 2. The van der Waals surface area contributed by atoms with E-state index in [2.05, 4.69) is 10.3 Å². The van der Waals surface area contributed by atoms with Gasteiger partial charge < -0.3 is 10.1 Å². The molecule has 1 heterocycles. The fourth-order valence-corrected chi connectivity index (χ4v) is 6.61. The van der Waals surface area contributed by atoms with Gasteiger partial charge in [0.15, 0.2) is 6.61 Å². The summed E-state index contributed by atoms with van der Waals surface area (Å²) in [6.07, 6.45) is 0. The molecule has 0 fully saturated rings. The van der Waals surface area contributed by atoms with Crippen molar-refractivity contribution in [3.8, 4) is 11.3 Å². The van der Waals surface area contributed by atoms with Crippen molar-refractivity contribution in [1.82, 2.24) is 9.29 Å². The zero-order chi connectivity index (χ0) is 29.9. The minimum atomic E-state index is -3.74. The fourth-order valence-electron chi connectivity index (χ4n) is 4.27. The molecule has 1 N–H and O–H groups in total. The zero-order valence-electron chi connectivity index (χ0n) is 22.4. The average molecular weight is 635 g/mol. The molecule has 214 valence electrons. The Morgan fingerprint density at radius 1 is 0.951 bits per heavy atom. The third-order valence-electron chi connectivity index (χ3n) is 6.38. The number of amides is 1. The van der Waals surface area contributed by atoms with Crippen LogP contribution in [0, 0.1) is 6.92 Å². The molecule has 0 spiro atoms. The van der Waals surface area contributed by atoms with Gasteiger partial charge in [0.2, 0.25) is 10.0 Å². The van der Waals surface area contributed by atoms with Crippen molar-refractivity contribution in [3.05, 3.63) is 86.9 Å². The first kappa shape index (κ1) is 30.7. The predicted octanol–water partition coefficient (Wildman–Crippen LogP) is 7.00. The Kier molecular flexibility index (Phi) is 9.56. The monoisotopic (exact) mass is 633 g/mol. The van der Waals surface area contributed by atoms with Crippen LogP contribution in [-0.4, -0.2) is 49.3 Å². The van der Waals surface area contributed by atoms with Gasteiger partial charge in [0.25, 0.3) is 5.91 Å². The summed E-state index contributed by atoms with van der Waals surface area (Å²) in [4.78, 5) is 30.6. The van der Waals surface area contributed by atoms with Gasteiger partial charge in [-0.2, -0.15) is 4.31 Å². The van der Waals surface area contributed by atoms with E-state index in [1.807, 2.05) is 0 Å². The summed E-state index contributed by atoms with van der Waals surface area (Å²) in [5.74, 6) is -1.40. The Bertz CT molecular complexity index is 1760. The molecule has 0 aliphatic heterocycles. The van der Waals surface area contributed by atoms with Crippen molar-refractivity contribution in [1.29, 1.82) is 0 Å². The largest absolute Gasteiger partial charge is 0.452 e. The summed E-state index contributed by atoms with van der Waals surface area (Å²) in [6.45, 7) is 5.21. The molecule has 1 amide bonds. The molecule has 0 atom stereocenters. The quantitative estimate of drug-likeness (QED) is 0.157. The summed E-state index contributed by atoms with van der Waals surface area (Å²) < 4.78 is 32.7. The number of halogens is 3. The molecule has 0 saturated carbocycles. The molecule has 41 heavy (non-hydrogen) atoms. The highest BCUT2D eigenvalue weighted by molar-refractivity contribution is 7.89. The van der Waals surface area contributed by atoms with Gasteiger partial charge in [-0.15, -0.1) is 0 Å². The molecule has 0 aliphatic rings. The summed E-state index contributed by atoms with van der Waals surface area (Å²) >= 11 is 18.7. The number of anilines is 1. The molecule has 0 unspecified atom stereocenters. The lowest BCUT2D eigenvalue weighted by Gasteiger charge is -2.20. The Morgan fingerprint density at radius 3 is 2.37 bits per heavy atom. The van der Waals surface area contributed by atoms with Gasteiger partial charge in [0, 0.05) is 29.7 Å². The van der Waals surface area contributed by atoms with Crippen molar-refractivity contribution in [2.24, 2.45) is 0 Å². The molecule has 0 bridgehead atoms. The third-order valence-corrected chi connectivity index (χ3v) is 9.86. The van der Waals surface area contributed by atoms with Gasteiger partial charge >= 0.3 is 5.97 Å². The van der Waals surface area contributed by atoms with E-state index in [0.29, 0.717) is 40.8 Å². The molecule has 8 nitrogen and oxygen atoms in total. The molecule has 0 saturated heterocycles. The van der Waals surface area contributed by atoms with Crippen LogP contribution < -0.4 is 5.32 Å². The summed E-state index contributed by atoms with van der Waals surface area (Å²) in [7, 11) is -3.74. The van der Waals surface area contributed by atoms with Crippen molar-refractivity contribution in [2.75, 3.05) is 25.0 Å². The fraction of sp³-hybridized carbons (Fsp3) is 0.207. The molecule has 4 rings (SSSR count). The topological polar surface area (TPSA) is 106 Å². The number of aryl methyl sites for hydroxylation is 1. The molecule has 0 aliphatic carbocycles. The van der Waals surface area contributed by atoms with Crippen LogP contribution in [0.15, 0.2) is 65.6 Å². The molecule has 1 aromatic heterocycles. The first-order valence-electron chi connectivity index (χ1n) is 12.6. The number of hydrogen-bond acceptors (Lipinski definition) is 6. The van der Waals surface area contributed by atoms with Gasteiger partial charge in [-0.05, 0) is 48.9 Å². The summed E-state index contributed by atoms with van der Waals surface area (Å²) in [5, 5.41) is 3.73. The second-order valence-electron chi connectivity index (χ2n) is 8.99. The van der Waals surface area contributed by atoms with Crippen LogP contribution >= 0.6 is 34.8 Å². The van der Waals surface area contributed by atoms with Crippen LogP contribution in [0.3, 0.4) is 0 Å². The molecular weight excluding hydrogens is 609 g/mol. The minimum absolute atomic E-state index is 0.0905. The highest BCUT2D eigenvalue weighted by Crippen LogP contribution is 2.38. The van der Waals surface area contributed by atoms with Crippen LogP contribution in [0.5, 0.6) is 0 Å². The maximum atomic E-state index is 13.2. The van der Waals surface area contributed by atoms with Crippen LogP contribution in [0.1, 0.15) is 29.8 Å². The van der Waals surface area contributed by atoms with Crippen LogP contribution in [0.2, 0.25) is 15.1 Å². The van der Waals surface area contributed by atoms with Gasteiger partial charge in [0.05, 0.1) is 36.7 Å². The van der Waals surface area contributed by atoms with Crippen molar-refractivity contribution >= 4 is 73.3 Å². The van der Waals surface area contributed by atoms with Crippen LogP contribution in [0.4, 0.5) is 5.69 Å². The number of aromatic nitrogens is 1. The van der Waals surface area contributed by atoms with Gasteiger partial charge in [-0.25, -0.2) is 18.2 Å². The van der Waals surface area contributed by atoms with E-state index in [4.69, 9.17) is 39.5 Å². The number of ether oxygens (including phenoxy) is 1. The van der Waals surface area contributed by atoms with E-state index in [9.17, 15) is 18.0 Å². The first-order chi connectivity index (χ1) is 19.5. The maximum Gasteiger partial charge on any atom is 0.339 e. The van der Waals surface area contributed by atoms with Gasteiger partial charge in [-0.1, -0.05) is 72.9 Å². The normalized spacial score (nSPS) is 11.6. The SMILES string of the molecule is CCN(CC)S(=O)(=O)c1cc(NC(=O)COC(=O)c2cc(-c3ccc(Cl)c(Cl)c3Cl)nc3ccccc23)ccc1C. The predicted molar refractivity (Wildman–Crippen MR) is 162 cm³/mol. The molecule has 12 heteroatoms. The number of carbonyl (C=O) groups excluding carboxylic acids is 2. The highest BCUT2D eigenvalue weighted by atomic mass is 35.5. The number of benzene rings is 3. The number of hydrogen-bond donors (Lipinski definition) is 1. The van der Waals surface area contributed by atoms with E-state index >= 15 is 0 Å². The van der Waals surface area contributed by atoms with E-state index in [1.54, 1.807) is 69.3 Å². The second kappa shape index (κ2) is 12.8. The first-order valence-corrected chi connectivity index (χ1v) is 15.2. The van der Waals surface area contributed by atoms with Crippen molar-refractivity contribution in [3.63, 3.8) is 0 Å². The molecule has 4 aromatic rings.